The van der Waals surface area contributed by atoms with Crippen LogP contribution >= 0.6 is 0 Å². The van der Waals surface area contributed by atoms with Gasteiger partial charge in [0.2, 0.25) is 5.91 Å². The van der Waals surface area contributed by atoms with Crippen LogP contribution in [-0.2, 0) is 21.4 Å². The molecule has 30 heavy (non-hydrogen) atoms. The third kappa shape index (κ3) is 5.04. The first-order chi connectivity index (χ1) is 14.3. The maximum absolute atomic E-state index is 13.5. The van der Waals surface area contributed by atoms with E-state index in [1.165, 1.54) is 4.31 Å². The quantitative estimate of drug-likeness (QED) is 0.631. The maximum Gasteiger partial charge on any atom is 0.264 e. The molecule has 0 radical (unpaired) electrons. The topological polar surface area (TPSA) is 79.4 Å². The smallest absolute Gasteiger partial charge is 0.264 e. The monoisotopic (exact) mass is 423 g/mol. The zero-order valence-corrected chi connectivity index (χ0v) is 18.1. The molecular formula is C23H25N3O3S. The van der Waals surface area contributed by atoms with Gasteiger partial charge in [-0.05, 0) is 62.2 Å². The van der Waals surface area contributed by atoms with Gasteiger partial charge in [0.05, 0.1) is 22.8 Å². The van der Waals surface area contributed by atoms with Crippen LogP contribution in [0.3, 0.4) is 0 Å². The largest absolute Gasteiger partial charge is 0.349 e. The second-order valence-corrected chi connectivity index (χ2v) is 9.07. The summed E-state index contributed by atoms with van der Waals surface area (Å²) in [6.45, 7) is 5.52. The van der Waals surface area contributed by atoms with E-state index in [0.29, 0.717) is 11.4 Å². The van der Waals surface area contributed by atoms with Crippen LogP contribution < -0.4 is 9.62 Å². The number of hydrogen-bond donors (Lipinski definition) is 1. The average Bonchev–Trinajstić information content (AvgIpc) is 2.73. The minimum Gasteiger partial charge on any atom is -0.349 e. The fourth-order valence-corrected chi connectivity index (χ4v) is 4.48. The Morgan fingerprint density at radius 2 is 1.67 bits per heavy atom. The van der Waals surface area contributed by atoms with Crippen LogP contribution in [0, 0.1) is 20.8 Å². The highest BCUT2D eigenvalue weighted by molar-refractivity contribution is 7.92. The van der Waals surface area contributed by atoms with Crippen molar-refractivity contribution in [2.45, 2.75) is 32.2 Å². The van der Waals surface area contributed by atoms with E-state index in [9.17, 15) is 13.2 Å². The van der Waals surface area contributed by atoms with E-state index >= 15 is 0 Å². The second-order valence-electron chi connectivity index (χ2n) is 7.21. The highest BCUT2D eigenvalue weighted by atomic mass is 32.2. The molecular weight excluding hydrogens is 398 g/mol. The summed E-state index contributed by atoms with van der Waals surface area (Å²) in [6.07, 6.45) is 1.64. The molecule has 1 N–H and O–H groups in total. The van der Waals surface area contributed by atoms with Crippen LogP contribution in [-0.4, -0.2) is 25.9 Å². The third-order valence-electron chi connectivity index (χ3n) is 4.72. The van der Waals surface area contributed by atoms with E-state index in [0.717, 1.165) is 16.7 Å². The summed E-state index contributed by atoms with van der Waals surface area (Å²) in [7, 11) is -3.93. The molecule has 0 saturated heterocycles. The molecule has 0 aliphatic carbocycles. The van der Waals surface area contributed by atoms with Crippen LogP contribution in [0.2, 0.25) is 0 Å². The van der Waals surface area contributed by atoms with Crippen molar-refractivity contribution in [3.05, 3.63) is 89.2 Å². The molecule has 0 aliphatic rings. The predicted octanol–water partition coefficient (Wildman–Crippen LogP) is 3.52. The van der Waals surface area contributed by atoms with Crippen molar-refractivity contribution in [3.63, 3.8) is 0 Å². The lowest BCUT2D eigenvalue weighted by molar-refractivity contribution is -0.119. The lowest BCUT2D eigenvalue weighted by Crippen LogP contribution is -2.41. The number of pyridine rings is 1. The first-order valence-corrected chi connectivity index (χ1v) is 11.0. The molecule has 156 valence electrons. The Bertz CT molecular complexity index is 1130. The van der Waals surface area contributed by atoms with Gasteiger partial charge in [-0.2, -0.15) is 0 Å². The van der Waals surface area contributed by atoms with Crippen molar-refractivity contribution >= 4 is 21.6 Å². The summed E-state index contributed by atoms with van der Waals surface area (Å²) in [5, 5.41) is 2.76. The fourth-order valence-electron chi connectivity index (χ4n) is 3.00. The molecule has 0 fully saturated rings. The van der Waals surface area contributed by atoms with Crippen molar-refractivity contribution in [2.24, 2.45) is 0 Å². The van der Waals surface area contributed by atoms with E-state index in [-0.39, 0.29) is 18.0 Å². The molecule has 3 aromatic rings. The predicted molar refractivity (Wildman–Crippen MR) is 118 cm³/mol. The number of anilines is 1. The molecule has 0 spiro atoms. The third-order valence-corrected chi connectivity index (χ3v) is 6.50. The minimum absolute atomic E-state index is 0.145. The Balaban J connectivity index is 1.92. The Morgan fingerprint density at radius 3 is 2.33 bits per heavy atom. The van der Waals surface area contributed by atoms with Crippen LogP contribution in [0.25, 0.3) is 0 Å². The van der Waals surface area contributed by atoms with E-state index < -0.39 is 15.9 Å². The van der Waals surface area contributed by atoms with Gasteiger partial charge in [-0.25, -0.2) is 8.42 Å². The number of nitrogens with zero attached hydrogens (tertiary/aromatic N) is 2. The summed E-state index contributed by atoms with van der Waals surface area (Å²) < 4.78 is 28.1. The lowest BCUT2D eigenvalue weighted by atomic mass is 10.1. The van der Waals surface area contributed by atoms with E-state index in [2.05, 4.69) is 10.3 Å². The number of benzene rings is 2. The first-order valence-electron chi connectivity index (χ1n) is 9.60. The molecule has 0 atom stereocenters. The zero-order chi connectivity index (χ0) is 21.7. The summed E-state index contributed by atoms with van der Waals surface area (Å²) in [5.74, 6) is -0.405. The number of aromatic nitrogens is 1. The van der Waals surface area contributed by atoms with Gasteiger partial charge >= 0.3 is 0 Å². The Kier molecular flexibility index (Phi) is 6.52. The number of hydrogen-bond acceptors (Lipinski definition) is 4. The summed E-state index contributed by atoms with van der Waals surface area (Å²) in [5.41, 5.74) is 3.83. The van der Waals surface area contributed by atoms with Gasteiger partial charge in [-0.3, -0.25) is 14.1 Å². The number of rotatable bonds is 7. The van der Waals surface area contributed by atoms with Crippen molar-refractivity contribution < 1.29 is 13.2 Å². The molecule has 7 heteroatoms. The molecule has 0 bridgehead atoms. The molecule has 1 aromatic heterocycles. The van der Waals surface area contributed by atoms with Gasteiger partial charge in [-0.1, -0.05) is 35.9 Å². The number of amides is 1. The highest BCUT2D eigenvalue weighted by Gasteiger charge is 2.28. The number of sulfonamides is 1. The Morgan fingerprint density at radius 1 is 0.967 bits per heavy atom. The molecule has 2 aromatic carbocycles. The van der Waals surface area contributed by atoms with Crippen LogP contribution in [0.1, 0.15) is 22.4 Å². The Hall–Kier alpha value is -3.19. The molecule has 0 aliphatic heterocycles. The van der Waals surface area contributed by atoms with Crippen LogP contribution in [0.5, 0.6) is 0 Å². The van der Waals surface area contributed by atoms with Crippen molar-refractivity contribution in [2.75, 3.05) is 10.8 Å². The van der Waals surface area contributed by atoms with E-state index in [4.69, 9.17) is 0 Å². The fraction of sp³-hybridized carbons (Fsp3) is 0.217. The first kappa shape index (κ1) is 21.5. The van der Waals surface area contributed by atoms with E-state index in [1.807, 2.05) is 39.0 Å². The van der Waals surface area contributed by atoms with Crippen LogP contribution in [0.15, 0.2) is 71.8 Å². The second kappa shape index (κ2) is 9.09. The maximum atomic E-state index is 13.5. The summed E-state index contributed by atoms with van der Waals surface area (Å²) >= 11 is 0. The van der Waals surface area contributed by atoms with Crippen molar-refractivity contribution in [1.29, 1.82) is 0 Å². The summed E-state index contributed by atoms with van der Waals surface area (Å²) in [4.78, 5) is 17.0. The standard InChI is InChI=1S/C23H25N3O3S/c1-17-8-11-21(12-9-17)30(28,29)26(22-14-18(2)7-10-19(22)3)16-23(27)25-15-20-6-4-5-13-24-20/h4-14H,15-16H2,1-3H3,(H,25,27). The number of nitrogens with one attached hydrogen (secondary N) is 1. The number of carbonyl (C=O) groups is 1. The molecule has 1 heterocycles. The SMILES string of the molecule is Cc1ccc(S(=O)(=O)N(CC(=O)NCc2ccccn2)c2cc(C)ccc2C)cc1. The summed E-state index contributed by atoms with van der Waals surface area (Å²) in [6, 6.07) is 17.6. The normalized spacial score (nSPS) is 11.2. The minimum atomic E-state index is -3.93. The van der Waals surface area contributed by atoms with Gasteiger partial charge in [0.1, 0.15) is 6.54 Å². The molecule has 0 unspecified atom stereocenters. The van der Waals surface area contributed by atoms with E-state index in [1.54, 1.807) is 48.7 Å². The van der Waals surface area contributed by atoms with Crippen LogP contribution in [0.4, 0.5) is 5.69 Å². The van der Waals surface area contributed by atoms with Crippen molar-refractivity contribution in [1.82, 2.24) is 10.3 Å². The van der Waals surface area contributed by atoms with Gasteiger partial charge in [-0.15, -0.1) is 0 Å². The molecule has 3 rings (SSSR count). The molecule has 1 amide bonds. The van der Waals surface area contributed by atoms with Gasteiger partial charge < -0.3 is 5.32 Å². The Labute approximate surface area is 177 Å². The van der Waals surface area contributed by atoms with Crippen molar-refractivity contribution in [3.8, 4) is 0 Å². The highest BCUT2D eigenvalue weighted by Crippen LogP contribution is 2.28. The molecule has 0 saturated carbocycles. The average molecular weight is 424 g/mol. The lowest BCUT2D eigenvalue weighted by Gasteiger charge is -2.26. The zero-order valence-electron chi connectivity index (χ0n) is 17.3. The van der Waals surface area contributed by atoms with Gasteiger partial charge in [0.25, 0.3) is 10.0 Å². The van der Waals surface area contributed by atoms with Gasteiger partial charge in [0, 0.05) is 6.20 Å². The number of aryl methyl sites for hydroxylation is 3. The van der Waals surface area contributed by atoms with Gasteiger partial charge in [0.15, 0.2) is 0 Å². The molecule has 6 nitrogen and oxygen atoms in total. The number of carbonyl (C=O) groups excluding carboxylic acids is 1.